The van der Waals surface area contributed by atoms with Crippen LogP contribution in [-0.2, 0) is 13.1 Å². The van der Waals surface area contributed by atoms with Crippen molar-refractivity contribution in [3.63, 3.8) is 0 Å². The Morgan fingerprint density at radius 2 is 2.39 bits per heavy atom. The molecule has 0 radical (unpaired) electrons. The third-order valence-electron chi connectivity index (χ3n) is 3.34. The molecule has 1 fully saturated rings. The fourth-order valence-corrected chi connectivity index (χ4v) is 2.40. The van der Waals surface area contributed by atoms with E-state index in [4.69, 9.17) is 0 Å². The topological polar surface area (TPSA) is 42.7 Å². The predicted octanol–water partition coefficient (Wildman–Crippen LogP) is 2.21. The van der Waals surface area contributed by atoms with Gasteiger partial charge in [-0.3, -0.25) is 0 Å². The third kappa shape index (κ3) is 3.48. The molecule has 1 aromatic rings. The summed E-state index contributed by atoms with van der Waals surface area (Å²) in [6.45, 7) is 4.22. The maximum atomic E-state index is 13.1. The number of nitrogens with zero attached hydrogens (tertiary/aromatic N) is 3. The van der Waals surface area contributed by atoms with E-state index in [1.807, 2.05) is 0 Å². The van der Waals surface area contributed by atoms with Gasteiger partial charge in [0, 0.05) is 19.4 Å². The highest BCUT2D eigenvalue weighted by Gasteiger charge is 2.39. The largest absolute Gasteiger partial charge is 0.310 e. The minimum atomic E-state index is -2.48. The van der Waals surface area contributed by atoms with Crippen molar-refractivity contribution in [3.8, 4) is 0 Å². The molecule has 1 aliphatic rings. The zero-order chi connectivity index (χ0) is 13.0. The van der Waals surface area contributed by atoms with Crippen LogP contribution in [0.3, 0.4) is 0 Å². The fourth-order valence-electron chi connectivity index (χ4n) is 2.40. The van der Waals surface area contributed by atoms with Crippen molar-refractivity contribution in [3.05, 3.63) is 12.2 Å². The lowest BCUT2D eigenvalue weighted by atomic mass is 10.1. The van der Waals surface area contributed by atoms with Gasteiger partial charge in [-0.05, 0) is 25.3 Å². The summed E-state index contributed by atoms with van der Waals surface area (Å²) in [6, 6.07) is 0. The lowest BCUT2D eigenvalue weighted by Crippen LogP contribution is -2.20. The molecule has 6 heteroatoms. The molecule has 4 nitrogen and oxygen atoms in total. The Hall–Kier alpha value is -1.04. The Balaban J connectivity index is 1.88. The number of rotatable bonds is 6. The molecule has 0 amide bonds. The lowest BCUT2D eigenvalue weighted by Gasteiger charge is -2.12. The van der Waals surface area contributed by atoms with E-state index in [1.54, 1.807) is 4.68 Å². The summed E-state index contributed by atoms with van der Waals surface area (Å²) in [7, 11) is 0. The number of alkyl halides is 2. The monoisotopic (exact) mass is 258 g/mol. The van der Waals surface area contributed by atoms with E-state index < -0.39 is 5.92 Å². The second-order valence-electron chi connectivity index (χ2n) is 5.00. The Kier molecular flexibility index (Phi) is 4.27. The van der Waals surface area contributed by atoms with Crippen LogP contribution in [-0.4, -0.2) is 27.2 Å². The first-order valence-corrected chi connectivity index (χ1v) is 6.56. The van der Waals surface area contributed by atoms with Crippen LogP contribution in [0.25, 0.3) is 0 Å². The minimum absolute atomic E-state index is 0.00970. The van der Waals surface area contributed by atoms with Gasteiger partial charge in [0.1, 0.15) is 12.2 Å². The van der Waals surface area contributed by atoms with Gasteiger partial charge >= 0.3 is 0 Å². The molecular formula is C12H20F2N4. The second kappa shape index (κ2) is 5.73. The first-order chi connectivity index (χ1) is 8.61. The molecule has 0 saturated heterocycles. The summed E-state index contributed by atoms with van der Waals surface area (Å²) in [5.41, 5.74) is 0. The average Bonchev–Trinajstić information content (AvgIpc) is 2.87. The number of hydrogen-bond acceptors (Lipinski definition) is 3. The molecule has 0 spiro atoms. The van der Waals surface area contributed by atoms with Crippen LogP contribution in [0.4, 0.5) is 8.78 Å². The van der Waals surface area contributed by atoms with Crippen LogP contribution < -0.4 is 5.32 Å². The van der Waals surface area contributed by atoms with Crippen molar-refractivity contribution in [2.75, 3.05) is 6.54 Å². The summed E-state index contributed by atoms with van der Waals surface area (Å²) < 4.78 is 28.0. The quantitative estimate of drug-likeness (QED) is 0.796. The Labute approximate surface area is 106 Å². The average molecular weight is 258 g/mol. The van der Waals surface area contributed by atoms with Crippen LogP contribution in [0.1, 0.15) is 38.4 Å². The van der Waals surface area contributed by atoms with Crippen molar-refractivity contribution in [1.82, 2.24) is 20.1 Å². The van der Waals surface area contributed by atoms with Crippen molar-refractivity contribution >= 4 is 0 Å². The van der Waals surface area contributed by atoms with Crippen LogP contribution in [0.2, 0.25) is 0 Å². The summed E-state index contributed by atoms with van der Waals surface area (Å²) in [5, 5.41) is 7.37. The summed E-state index contributed by atoms with van der Waals surface area (Å²) in [5.74, 6) is -1.63. The zero-order valence-corrected chi connectivity index (χ0v) is 10.7. The Morgan fingerprint density at radius 3 is 3.06 bits per heavy atom. The van der Waals surface area contributed by atoms with Gasteiger partial charge in [0.2, 0.25) is 5.92 Å². The van der Waals surface area contributed by atoms with E-state index in [1.165, 1.54) is 6.33 Å². The molecule has 18 heavy (non-hydrogen) atoms. The first kappa shape index (κ1) is 13.4. The van der Waals surface area contributed by atoms with E-state index in [0.717, 1.165) is 18.8 Å². The molecule has 0 aliphatic heterocycles. The van der Waals surface area contributed by atoms with E-state index in [9.17, 15) is 8.78 Å². The van der Waals surface area contributed by atoms with Crippen molar-refractivity contribution in [1.29, 1.82) is 0 Å². The second-order valence-corrected chi connectivity index (χ2v) is 5.00. The van der Waals surface area contributed by atoms with Gasteiger partial charge in [-0.15, -0.1) is 0 Å². The van der Waals surface area contributed by atoms with Gasteiger partial charge in [0.15, 0.2) is 0 Å². The molecule has 0 aromatic carbocycles. The van der Waals surface area contributed by atoms with Crippen molar-refractivity contribution in [2.24, 2.45) is 5.92 Å². The van der Waals surface area contributed by atoms with Crippen LogP contribution in [0.15, 0.2) is 6.33 Å². The Morgan fingerprint density at radius 1 is 1.56 bits per heavy atom. The van der Waals surface area contributed by atoms with E-state index in [2.05, 4.69) is 22.3 Å². The standard InChI is InChI=1S/C12H20F2N4/c1-2-5-15-7-11-16-9-17-18(11)8-10-3-4-12(13,14)6-10/h9-10,15H,2-8H2,1H3. The molecule has 102 valence electrons. The fraction of sp³-hybridized carbons (Fsp3) is 0.833. The van der Waals surface area contributed by atoms with Gasteiger partial charge in [-0.1, -0.05) is 6.92 Å². The molecular weight excluding hydrogens is 238 g/mol. The van der Waals surface area contributed by atoms with E-state index in [0.29, 0.717) is 19.5 Å². The van der Waals surface area contributed by atoms with Gasteiger partial charge in [-0.25, -0.2) is 18.4 Å². The number of aromatic nitrogens is 3. The van der Waals surface area contributed by atoms with Gasteiger partial charge in [0.05, 0.1) is 6.54 Å². The van der Waals surface area contributed by atoms with Crippen LogP contribution in [0, 0.1) is 5.92 Å². The zero-order valence-electron chi connectivity index (χ0n) is 10.7. The first-order valence-electron chi connectivity index (χ1n) is 6.56. The molecule has 2 rings (SSSR count). The van der Waals surface area contributed by atoms with E-state index in [-0.39, 0.29) is 18.8 Å². The molecule has 1 saturated carbocycles. The highest BCUT2D eigenvalue weighted by atomic mass is 19.3. The highest BCUT2D eigenvalue weighted by Crippen LogP contribution is 2.39. The summed E-state index contributed by atoms with van der Waals surface area (Å²) in [4.78, 5) is 4.17. The number of halogens is 2. The van der Waals surface area contributed by atoms with Crippen LogP contribution >= 0.6 is 0 Å². The van der Waals surface area contributed by atoms with Crippen LogP contribution in [0.5, 0.6) is 0 Å². The van der Waals surface area contributed by atoms with Crippen molar-refractivity contribution in [2.45, 2.75) is 51.6 Å². The number of nitrogens with one attached hydrogen (secondary N) is 1. The third-order valence-corrected chi connectivity index (χ3v) is 3.34. The van der Waals surface area contributed by atoms with E-state index >= 15 is 0 Å². The smallest absolute Gasteiger partial charge is 0.248 e. The molecule has 1 atom stereocenters. The summed E-state index contributed by atoms with van der Waals surface area (Å²) >= 11 is 0. The number of hydrogen-bond donors (Lipinski definition) is 1. The predicted molar refractivity (Wildman–Crippen MR) is 64.3 cm³/mol. The molecule has 1 aromatic heterocycles. The Bertz CT molecular complexity index is 378. The minimum Gasteiger partial charge on any atom is -0.310 e. The maximum Gasteiger partial charge on any atom is 0.248 e. The molecule has 1 aliphatic carbocycles. The molecule has 1 N–H and O–H groups in total. The van der Waals surface area contributed by atoms with Crippen molar-refractivity contribution < 1.29 is 8.78 Å². The van der Waals surface area contributed by atoms with Gasteiger partial charge < -0.3 is 5.32 Å². The summed E-state index contributed by atoms with van der Waals surface area (Å²) in [6.07, 6.45) is 3.12. The van der Waals surface area contributed by atoms with Gasteiger partial charge in [0.25, 0.3) is 0 Å². The van der Waals surface area contributed by atoms with Gasteiger partial charge in [-0.2, -0.15) is 5.10 Å². The molecule has 1 heterocycles. The molecule has 1 unspecified atom stereocenters. The maximum absolute atomic E-state index is 13.1. The lowest BCUT2D eigenvalue weighted by molar-refractivity contribution is 0.00418. The highest BCUT2D eigenvalue weighted by molar-refractivity contribution is 4.87. The molecule has 0 bridgehead atoms. The normalized spacial score (nSPS) is 22.5. The SMILES string of the molecule is CCCNCc1ncnn1CC1CCC(F)(F)C1.